The summed E-state index contributed by atoms with van der Waals surface area (Å²) in [6.45, 7) is 2.61. The Labute approximate surface area is 163 Å². The summed E-state index contributed by atoms with van der Waals surface area (Å²) in [6, 6.07) is 12.8. The van der Waals surface area contributed by atoms with Crippen molar-refractivity contribution in [3.63, 3.8) is 0 Å². The zero-order valence-electron chi connectivity index (χ0n) is 15.0. The van der Waals surface area contributed by atoms with E-state index in [1.807, 2.05) is 24.3 Å². The lowest BCUT2D eigenvalue weighted by atomic mass is 10.1. The van der Waals surface area contributed by atoms with Crippen LogP contribution in [0, 0.1) is 0 Å². The Morgan fingerprint density at radius 1 is 1.07 bits per heavy atom. The number of ether oxygens (including phenoxy) is 2. The second-order valence-electron chi connectivity index (χ2n) is 6.25. The largest absolute Gasteiger partial charge is 0.454 e. The van der Waals surface area contributed by atoms with E-state index in [1.54, 1.807) is 23.1 Å². The fraction of sp³-hybridized carbons (Fsp3) is 0.300. The Hall–Kier alpha value is -2.73. The summed E-state index contributed by atoms with van der Waals surface area (Å²) in [5.41, 5.74) is 1.73. The van der Waals surface area contributed by atoms with Gasteiger partial charge in [-0.3, -0.25) is 9.59 Å². The number of amides is 2. The molecule has 2 aromatic carbocycles. The first-order valence-corrected chi connectivity index (χ1v) is 9.08. The smallest absolute Gasteiger partial charge is 0.231 e. The molecule has 0 bridgehead atoms. The van der Waals surface area contributed by atoms with Crippen LogP contribution < -0.4 is 14.8 Å². The van der Waals surface area contributed by atoms with Gasteiger partial charge in [0.05, 0.1) is 0 Å². The summed E-state index contributed by atoms with van der Waals surface area (Å²) in [5.74, 6) is 1.06. The number of benzene rings is 2. The van der Waals surface area contributed by atoms with Crippen LogP contribution in [0.3, 0.4) is 0 Å². The normalized spacial score (nSPS) is 11.9. The lowest BCUT2D eigenvalue weighted by Gasteiger charge is -2.21. The van der Waals surface area contributed by atoms with Gasteiger partial charge in [0.1, 0.15) is 0 Å². The number of hydrogen-bond donors (Lipinski definition) is 1. The molecule has 1 N–H and O–H groups in total. The van der Waals surface area contributed by atoms with Gasteiger partial charge < -0.3 is 19.7 Å². The van der Waals surface area contributed by atoms with Crippen LogP contribution in [0.25, 0.3) is 0 Å². The Morgan fingerprint density at radius 2 is 1.81 bits per heavy atom. The van der Waals surface area contributed by atoms with E-state index in [1.165, 1.54) is 6.92 Å². The molecule has 2 aromatic rings. The third-order valence-corrected chi connectivity index (χ3v) is 4.55. The monoisotopic (exact) mass is 388 g/mol. The molecule has 0 saturated carbocycles. The maximum absolute atomic E-state index is 12.2. The molecule has 27 heavy (non-hydrogen) atoms. The number of rotatable bonds is 7. The second kappa shape index (κ2) is 8.77. The molecule has 7 heteroatoms. The minimum atomic E-state index is -0.161. The Kier molecular flexibility index (Phi) is 6.19. The maximum atomic E-state index is 12.2. The quantitative estimate of drug-likeness (QED) is 0.788. The zero-order valence-corrected chi connectivity index (χ0v) is 15.8. The van der Waals surface area contributed by atoms with Gasteiger partial charge >= 0.3 is 0 Å². The van der Waals surface area contributed by atoms with Crippen molar-refractivity contribution in [3.8, 4) is 11.5 Å². The summed E-state index contributed by atoms with van der Waals surface area (Å²) in [5, 5.41) is 3.50. The molecule has 0 spiro atoms. The predicted octanol–water partition coefficient (Wildman–Crippen LogP) is 3.49. The maximum Gasteiger partial charge on any atom is 0.231 e. The molecular formula is C20H21ClN2O4. The van der Waals surface area contributed by atoms with E-state index in [4.69, 9.17) is 21.1 Å². The molecule has 0 radical (unpaired) electrons. The minimum absolute atomic E-state index is 0.0557. The van der Waals surface area contributed by atoms with Gasteiger partial charge in [-0.15, -0.1) is 0 Å². The van der Waals surface area contributed by atoms with Crippen molar-refractivity contribution in [2.75, 3.05) is 25.2 Å². The first-order valence-electron chi connectivity index (χ1n) is 8.71. The van der Waals surface area contributed by atoms with Gasteiger partial charge in [0.15, 0.2) is 11.5 Å². The molecule has 0 unspecified atom stereocenters. The SMILES string of the molecule is CC(=O)N(CCC(=O)Nc1ccc2c(c1)OCO2)CCc1ccc(Cl)cc1. The molecule has 0 atom stereocenters. The molecule has 0 saturated heterocycles. The second-order valence-corrected chi connectivity index (χ2v) is 6.69. The van der Waals surface area contributed by atoms with Crippen LogP contribution in [-0.2, 0) is 16.0 Å². The molecule has 142 valence electrons. The van der Waals surface area contributed by atoms with Crippen molar-refractivity contribution in [1.82, 2.24) is 4.90 Å². The van der Waals surface area contributed by atoms with Gasteiger partial charge in [-0.25, -0.2) is 0 Å². The number of carbonyl (C=O) groups excluding carboxylic acids is 2. The van der Waals surface area contributed by atoms with Crippen molar-refractivity contribution in [3.05, 3.63) is 53.1 Å². The molecule has 2 amide bonds. The number of halogens is 1. The van der Waals surface area contributed by atoms with E-state index in [-0.39, 0.29) is 25.0 Å². The highest BCUT2D eigenvalue weighted by atomic mass is 35.5. The van der Waals surface area contributed by atoms with Crippen molar-refractivity contribution in [2.24, 2.45) is 0 Å². The summed E-state index contributed by atoms with van der Waals surface area (Å²) in [7, 11) is 0. The van der Waals surface area contributed by atoms with Crippen LogP contribution in [0.15, 0.2) is 42.5 Å². The number of fused-ring (bicyclic) bond motifs is 1. The highest BCUT2D eigenvalue weighted by molar-refractivity contribution is 6.30. The van der Waals surface area contributed by atoms with Crippen molar-refractivity contribution in [2.45, 2.75) is 19.8 Å². The predicted molar refractivity (Wildman–Crippen MR) is 103 cm³/mol. The van der Waals surface area contributed by atoms with Gasteiger partial charge in [-0.2, -0.15) is 0 Å². The van der Waals surface area contributed by atoms with Crippen LogP contribution in [0.2, 0.25) is 5.02 Å². The first-order chi connectivity index (χ1) is 13.0. The Bertz CT molecular complexity index is 823. The van der Waals surface area contributed by atoms with Crippen molar-refractivity contribution >= 4 is 29.1 Å². The summed E-state index contributed by atoms with van der Waals surface area (Å²) >= 11 is 5.88. The van der Waals surface area contributed by atoms with Crippen LogP contribution in [0.4, 0.5) is 5.69 Å². The van der Waals surface area contributed by atoms with E-state index in [0.717, 1.165) is 5.56 Å². The van der Waals surface area contributed by atoms with Crippen molar-refractivity contribution < 1.29 is 19.1 Å². The van der Waals surface area contributed by atoms with Crippen molar-refractivity contribution in [1.29, 1.82) is 0 Å². The van der Waals surface area contributed by atoms with Crippen LogP contribution in [-0.4, -0.2) is 36.6 Å². The minimum Gasteiger partial charge on any atom is -0.454 e. The van der Waals surface area contributed by atoms with E-state index >= 15 is 0 Å². The summed E-state index contributed by atoms with van der Waals surface area (Å²) in [6.07, 6.45) is 0.926. The van der Waals surface area contributed by atoms with Gasteiger partial charge in [-0.1, -0.05) is 23.7 Å². The molecule has 3 rings (SSSR count). The van der Waals surface area contributed by atoms with Gasteiger partial charge in [0.25, 0.3) is 0 Å². The molecule has 1 aliphatic heterocycles. The number of hydrogen-bond acceptors (Lipinski definition) is 4. The van der Waals surface area contributed by atoms with Gasteiger partial charge in [0.2, 0.25) is 18.6 Å². The van der Waals surface area contributed by atoms with Gasteiger partial charge in [0, 0.05) is 43.2 Å². The average Bonchev–Trinajstić information content (AvgIpc) is 3.10. The van der Waals surface area contributed by atoms with Crippen LogP contribution in [0.1, 0.15) is 18.9 Å². The molecule has 6 nitrogen and oxygen atoms in total. The highest BCUT2D eigenvalue weighted by Gasteiger charge is 2.15. The lowest BCUT2D eigenvalue weighted by molar-refractivity contribution is -0.129. The van der Waals surface area contributed by atoms with E-state index < -0.39 is 0 Å². The van der Waals surface area contributed by atoms with Crippen LogP contribution >= 0.6 is 11.6 Å². The fourth-order valence-corrected chi connectivity index (χ4v) is 2.90. The average molecular weight is 389 g/mol. The third kappa shape index (κ3) is 5.37. The molecule has 0 aliphatic carbocycles. The highest BCUT2D eigenvalue weighted by Crippen LogP contribution is 2.34. The lowest BCUT2D eigenvalue weighted by Crippen LogP contribution is -2.33. The molecule has 1 aliphatic rings. The topological polar surface area (TPSA) is 67.9 Å². The van der Waals surface area contributed by atoms with Gasteiger partial charge in [-0.05, 0) is 36.2 Å². The fourth-order valence-electron chi connectivity index (χ4n) is 2.78. The Balaban J connectivity index is 1.49. The summed E-state index contributed by atoms with van der Waals surface area (Å²) < 4.78 is 10.5. The summed E-state index contributed by atoms with van der Waals surface area (Å²) in [4.78, 5) is 25.8. The number of nitrogens with one attached hydrogen (secondary N) is 1. The van der Waals surface area contributed by atoms with E-state index in [0.29, 0.717) is 41.7 Å². The molecule has 1 heterocycles. The van der Waals surface area contributed by atoms with E-state index in [9.17, 15) is 9.59 Å². The molecule has 0 fully saturated rings. The first kappa shape index (κ1) is 19.0. The molecule has 0 aromatic heterocycles. The zero-order chi connectivity index (χ0) is 19.2. The third-order valence-electron chi connectivity index (χ3n) is 4.29. The number of nitrogens with zero attached hydrogens (tertiary/aromatic N) is 1. The Morgan fingerprint density at radius 3 is 2.56 bits per heavy atom. The number of anilines is 1. The number of carbonyl (C=O) groups is 2. The standard InChI is InChI=1S/C20H21ClN2O4/c1-14(24)23(10-8-15-2-4-16(21)5-3-15)11-9-20(25)22-17-6-7-18-19(12-17)27-13-26-18/h2-7,12H,8-11,13H2,1H3,(H,22,25). The molecular weight excluding hydrogens is 368 g/mol. The van der Waals surface area contributed by atoms with E-state index in [2.05, 4.69) is 5.32 Å². The van der Waals surface area contributed by atoms with Crippen LogP contribution in [0.5, 0.6) is 11.5 Å².